The lowest BCUT2D eigenvalue weighted by Gasteiger charge is -2.34. The molecule has 0 bridgehead atoms. The second kappa shape index (κ2) is 6.05. The van der Waals surface area contributed by atoms with Crippen LogP contribution in [0.4, 0.5) is 0 Å². The summed E-state index contributed by atoms with van der Waals surface area (Å²) in [5.41, 5.74) is 1.15. The fourth-order valence-electron chi connectivity index (χ4n) is 2.35. The molecule has 0 aliphatic carbocycles. The summed E-state index contributed by atoms with van der Waals surface area (Å²) in [4.78, 5) is 2.32. The third-order valence-electron chi connectivity index (χ3n) is 3.33. The summed E-state index contributed by atoms with van der Waals surface area (Å²) in [5.74, 6) is 0. The molecule has 1 aliphatic rings. The zero-order chi connectivity index (χ0) is 12.3. The third kappa shape index (κ3) is 3.35. The summed E-state index contributed by atoms with van der Waals surface area (Å²) in [6.07, 6.45) is 3.50. The van der Waals surface area contributed by atoms with E-state index in [4.69, 9.17) is 23.2 Å². The van der Waals surface area contributed by atoms with Crippen molar-refractivity contribution in [3.05, 3.63) is 33.8 Å². The molecule has 2 rings (SSSR count). The number of nitrogens with zero attached hydrogens (tertiary/aromatic N) is 1. The van der Waals surface area contributed by atoms with E-state index in [9.17, 15) is 5.11 Å². The Kier molecular flexibility index (Phi) is 4.69. The van der Waals surface area contributed by atoms with Gasteiger partial charge in [-0.05, 0) is 37.1 Å². The van der Waals surface area contributed by atoms with Crippen LogP contribution in [0.15, 0.2) is 18.2 Å². The number of hydrogen-bond donors (Lipinski definition) is 1. The Morgan fingerprint density at radius 2 is 2.06 bits per heavy atom. The smallest absolute Gasteiger partial charge is 0.0595 e. The van der Waals surface area contributed by atoms with E-state index in [1.165, 1.54) is 12.8 Å². The molecule has 17 heavy (non-hydrogen) atoms. The molecule has 1 aromatic carbocycles. The van der Waals surface area contributed by atoms with Crippen molar-refractivity contribution < 1.29 is 5.11 Å². The molecule has 1 saturated heterocycles. The molecule has 0 spiro atoms. The van der Waals surface area contributed by atoms with Crippen LogP contribution in [-0.4, -0.2) is 29.2 Å². The van der Waals surface area contributed by atoms with Gasteiger partial charge in [0.1, 0.15) is 0 Å². The summed E-state index contributed by atoms with van der Waals surface area (Å²) < 4.78 is 0. The Labute approximate surface area is 112 Å². The fraction of sp³-hybridized carbons (Fsp3) is 0.538. The SMILES string of the molecule is OC[C@H]1CCCCN1Cc1ccc(Cl)c(Cl)c1. The van der Waals surface area contributed by atoms with Gasteiger partial charge in [-0.25, -0.2) is 0 Å². The van der Waals surface area contributed by atoms with Gasteiger partial charge in [0.15, 0.2) is 0 Å². The minimum absolute atomic E-state index is 0.237. The second-order valence-corrected chi connectivity index (χ2v) is 5.37. The van der Waals surface area contributed by atoms with Crippen molar-refractivity contribution in [2.75, 3.05) is 13.2 Å². The van der Waals surface area contributed by atoms with Gasteiger partial charge in [0.2, 0.25) is 0 Å². The van der Waals surface area contributed by atoms with Crippen LogP contribution in [0, 0.1) is 0 Å². The second-order valence-electron chi connectivity index (χ2n) is 4.55. The number of aliphatic hydroxyl groups excluding tert-OH is 1. The standard InChI is InChI=1S/C13H17Cl2NO/c14-12-5-4-10(7-13(12)15)8-16-6-2-1-3-11(16)9-17/h4-5,7,11,17H,1-3,6,8-9H2/t11-/m1/s1. The van der Waals surface area contributed by atoms with Crippen molar-refractivity contribution in [1.29, 1.82) is 0 Å². The molecule has 0 saturated carbocycles. The van der Waals surface area contributed by atoms with Crippen molar-refractivity contribution in [1.82, 2.24) is 4.90 Å². The highest BCUT2D eigenvalue weighted by molar-refractivity contribution is 6.42. The number of halogens is 2. The number of piperidine rings is 1. The Morgan fingerprint density at radius 3 is 2.76 bits per heavy atom. The van der Waals surface area contributed by atoms with Crippen molar-refractivity contribution in [2.45, 2.75) is 31.8 Å². The average Bonchev–Trinajstić information content (AvgIpc) is 2.34. The first kappa shape index (κ1) is 13.2. The van der Waals surface area contributed by atoms with Crippen LogP contribution in [0.3, 0.4) is 0 Å². The van der Waals surface area contributed by atoms with Crippen LogP contribution in [-0.2, 0) is 6.54 Å². The molecule has 1 aliphatic heterocycles. The van der Waals surface area contributed by atoms with Gasteiger partial charge in [-0.3, -0.25) is 4.90 Å². The summed E-state index contributed by atoms with van der Waals surface area (Å²) in [6.45, 7) is 2.12. The molecular formula is C13H17Cl2NO. The number of rotatable bonds is 3. The van der Waals surface area contributed by atoms with Crippen molar-refractivity contribution in [3.63, 3.8) is 0 Å². The van der Waals surface area contributed by atoms with Crippen LogP contribution in [0.2, 0.25) is 10.0 Å². The van der Waals surface area contributed by atoms with Crippen LogP contribution in [0.1, 0.15) is 24.8 Å². The lowest BCUT2D eigenvalue weighted by Crippen LogP contribution is -2.41. The largest absolute Gasteiger partial charge is 0.395 e. The first-order valence-electron chi connectivity index (χ1n) is 5.99. The quantitative estimate of drug-likeness (QED) is 0.913. The Balaban J connectivity index is 2.05. The summed E-state index contributed by atoms with van der Waals surface area (Å²) in [5, 5.41) is 10.5. The van der Waals surface area contributed by atoms with E-state index in [1.54, 1.807) is 0 Å². The number of likely N-dealkylation sites (tertiary alicyclic amines) is 1. The number of benzene rings is 1. The average molecular weight is 274 g/mol. The maximum atomic E-state index is 9.35. The van der Waals surface area contributed by atoms with E-state index in [-0.39, 0.29) is 6.61 Å². The maximum Gasteiger partial charge on any atom is 0.0595 e. The van der Waals surface area contributed by atoms with E-state index in [1.807, 2.05) is 18.2 Å². The van der Waals surface area contributed by atoms with E-state index in [0.717, 1.165) is 25.1 Å². The summed E-state index contributed by atoms with van der Waals surface area (Å²) in [7, 11) is 0. The van der Waals surface area contributed by atoms with E-state index < -0.39 is 0 Å². The molecule has 1 aromatic rings. The van der Waals surface area contributed by atoms with Crippen LogP contribution in [0.25, 0.3) is 0 Å². The van der Waals surface area contributed by atoms with Crippen molar-refractivity contribution >= 4 is 23.2 Å². The van der Waals surface area contributed by atoms with E-state index in [0.29, 0.717) is 16.1 Å². The minimum atomic E-state index is 0.237. The Hall–Kier alpha value is -0.280. The lowest BCUT2D eigenvalue weighted by molar-refractivity contribution is 0.0841. The van der Waals surface area contributed by atoms with Gasteiger partial charge >= 0.3 is 0 Å². The maximum absolute atomic E-state index is 9.35. The molecule has 1 atom stereocenters. The first-order valence-corrected chi connectivity index (χ1v) is 6.75. The topological polar surface area (TPSA) is 23.5 Å². The van der Waals surface area contributed by atoms with Gasteiger partial charge in [0, 0.05) is 12.6 Å². The highest BCUT2D eigenvalue weighted by Crippen LogP contribution is 2.25. The van der Waals surface area contributed by atoms with Gasteiger partial charge in [-0.1, -0.05) is 35.7 Å². The summed E-state index contributed by atoms with van der Waals surface area (Å²) in [6, 6.07) is 6.03. The highest BCUT2D eigenvalue weighted by atomic mass is 35.5. The Morgan fingerprint density at radius 1 is 1.24 bits per heavy atom. The predicted octanol–water partition coefficient (Wildman–Crippen LogP) is 3.34. The molecule has 2 nitrogen and oxygen atoms in total. The molecule has 0 radical (unpaired) electrons. The van der Waals surface area contributed by atoms with Crippen LogP contribution < -0.4 is 0 Å². The van der Waals surface area contributed by atoms with Crippen LogP contribution in [0.5, 0.6) is 0 Å². The Bertz CT molecular complexity index is 384. The molecule has 0 unspecified atom stereocenters. The molecule has 1 heterocycles. The first-order chi connectivity index (χ1) is 8.20. The predicted molar refractivity (Wildman–Crippen MR) is 71.6 cm³/mol. The molecule has 4 heteroatoms. The van der Waals surface area contributed by atoms with Gasteiger partial charge in [-0.2, -0.15) is 0 Å². The monoisotopic (exact) mass is 273 g/mol. The van der Waals surface area contributed by atoms with Gasteiger partial charge in [0.05, 0.1) is 16.7 Å². The third-order valence-corrected chi connectivity index (χ3v) is 4.07. The van der Waals surface area contributed by atoms with E-state index >= 15 is 0 Å². The van der Waals surface area contributed by atoms with Crippen molar-refractivity contribution in [2.24, 2.45) is 0 Å². The molecule has 0 amide bonds. The van der Waals surface area contributed by atoms with Gasteiger partial charge < -0.3 is 5.11 Å². The lowest BCUT2D eigenvalue weighted by atomic mass is 10.0. The van der Waals surface area contributed by atoms with E-state index in [2.05, 4.69) is 4.90 Å². The zero-order valence-electron chi connectivity index (χ0n) is 9.70. The molecule has 94 valence electrons. The molecule has 0 aromatic heterocycles. The van der Waals surface area contributed by atoms with Crippen molar-refractivity contribution in [3.8, 4) is 0 Å². The van der Waals surface area contributed by atoms with Crippen LogP contribution >= 0.6 is 23.2 Å². The van der Waals surface area contributed by atoms with Gasteiger partial charge in [0.25, 0.3) is 0 Å². The number of aliphatic hydroxyl groups is 1. The molecule has 1 fully saturated rings. The minimum Gasteiger partial charge on any atom is -0.395 e. The zero-order valence-corrected chi connectivity index (χ0v) is 11.2. The highest BCUT2D eigenvalue weighted by Gasteiger charge is 2.21. The normalized spacial score (nSPS) is 21.7. The molecule has 1 N–H and O–H groups in total. The number of hydrogen-bond acceptors (Lipinski definition) is 2. The van der Waals surface area contributed by atoms with Gasteiger partial charge in [-0.15, -0.1) is 0 Å². The summed E-state index contributed by atoms with van der Waals surface area (Å²) >= 11 is 11.9. The fourth-order valence-corrected chi connectivity index (χ4v) is 2.67. The molecular weight excluding hydrogens is 257 g/mol.